The van der Waals surface area contributed by atoms with Crippen molar-refractivity contribution in [1.82, 2.24) is 4.90 Å². The number of nitrogens with zero attached hydrogens (tertiary/aromatic N) is 2. The Kier molecular flexibility index (Phi) is 5.44. The smallest absolute Gasteiger partial charge is 0.251 e. The van der Waals surface area contributed by atoms with Gasteiger partial charge in [-0.3, -0.25) is 14.5 Å². The second-order valence-electron chi connectivity index (χ2n) is 7.44. The maximum atomic E-state index is 13.1. The molecule has 5 heteroatoms. The summed E-state index contributed by atoms with van der Waals surface area (Å²) in [5.74, 6) is 0.960. The molecule has 2 fully saturated rings. The number of hydrogen-bond donors (Lipinski definition) is 0. The minimum Gasteiger partial charge on any atom is -0.494 e. The zero-order valence-electron chi connectivity index (χ0n) is 16.2. The number of hydrogen-bond acceptors (Lipinski definition) is 4. The predicted molar refractivity (Wildman–Crippen MR) is 108 cm³/mol. The lowest BCUT2D eigenvalue weighted by molar-refractivity contribution is -0.123. The molecular formula is C23H26N2O3. The number of benzene rings is 2. The summed E-state index contributed by atoms with van der Waals surface area (Å²) in [4.78, 5) is 29.2. The van der Waals surface area contributed by atoms with E-state index in [-0.39, 0.29) is 24.3 Å². The Morgan fingerprint density at radius 1 is 1.00 bits per heavy atom. The van der Waals surface area contributed by atoms with Crippen LogP contribution in [0, 0.1) is 0 Å². The van der Waals surface area contributed by atoms with Crippen LogP contribution < -0.4 is 9.64 Å². The van der Waals surface area contributed by atoms with E-state index < -0.39 is 0 Å². The van der Waals surface area contributed by atoms with Gasteiger partial charge in [0.15, 0.2) is 0 Å². The van der Waals surface area contributed by atoms with Crippen LogP contribution in [0.4, 0.5) is 5.69 Å². The van der Waals surface area contributed by atoms with E-state index in [1.54, 1.807) is 12.1 Å². The fourth-order valence-electron chi connectivity index (χ4n) is 4.32. The Balaban J connectivity index is 1.44. The van der Waals surface area contributed by atoms with Gasteiger partial charge in [0.05, 0.1) is 24.8 Å². The molecule has 1 unspecified atom stereocenters. The molecule has 2 aliphatic rings. The van der Waals surface area contributed by atoms with Crippen LogP contribution >= 0.6 is 0 Å². The first-order valence-corrected chi connectivity index (χ1v) is 10.1. The summed E-state index contributed by atoms with van der Waals surface area (Å²) in [5.41, 5.74) is 1.97. The van der Waals surface area contributed by atoms with Crippen LogP contribution in [-0.4, -0.2) is 42.5 Å². The van der Waals surface area contributed by atoms with Crippen molar-refractivity contribution < 1.29 is 14.3 Å². The molecule has 0 radical (unpaired) electrons. The first kappa shape index (κ1) is 18.7. The van der Waals surface area contributed by atoms with Crippen LogP contribution in [0.2, 0.25) is 0 Å². The number of ether oxygens (including phenoxy) is 1. The minimum absolute atomic E-state index is 0.114. The molecule has 28 heavy (non-hydrogen) atoms. The van der Waals surface area contributed by atoms with Gasteiger partial charge in [0.25, 0.3) is 5.91 Å². The molecule has 2 aliphatic heterocycles. The van der Waals surface area contributed by atoms with Crippen LogP contribution in [0.25, 0.3) is 0 Å². The largest absolute Gasteiger partial charge is 0.494 e. The average Bonchev–Trinajstić information content (AvgIpc) is 3.03. The highest BCUT2D eigenvalue weighted by Crippen LogP contribution is 2.33. The molecule has 0 N–H and O–H groups in total. The molecule has 0 aliphatic carbocycles. The average molecular weight is 378 g/mol. The molecule has 2 aromatic rings. The van der Waals surface area contributed by atoms with Crippen molar-refractivity contribution in [2.75, 3.05) is 24.6 Å². The molecule has 4 rings (SSSR count). The van der Waals surface area contributed by atoms with Crippen molar-refractivity contribution in [1.29, 1.82) is 0 Å². The lowest BCUT2D eigenvalue weighted by atomic mass is 9.89. The van der Waals surface area contributed by atoms with E-state index in [0.717, 1.165) is 25.9 Å². The summed E-state index contributed by atoms with van der Waals surface area (Å²) < 4.78 is 5.51. The van der Waals surface area contributed by atoms with Gasteiger partial charge in [0.2, 0.25) is 5.91 Å². The van der Waals surface area contributed by atoms with Gasteiger partial charge >= 0.3 is 0 Å². The van der Waals surface area contributed by atoms with Crippen molar-refractivity contribution in [3.05, 3.63) is 60.2 Å². The number of piperidine rings is 1. The van der Waals surface area contributed by atoms with Gasteiger partial charge in [-0.1, -0.05) is 36.4 Å². The van der Waals surface area contributed by atoms with Gasteiger partial charge in [0, 0.05) is 6.07 Å². The van der Waals surface area contributed by atoms with Crippen molar-refractivity contribution in [2.45, 2.75) is 38.1 Å². The number of carbonyl (C=O) groups excluding carboxylic acids is 2. The van der Waals surface area contributed by atoms with Gasteiger partial charge in [-0.25, -0.2) is 4.90 Å². The summed E-state index contributed by atoms with van der Waals surface area (Å²) in [6.07, 6.45) is 2.29. The van der Waals surface area contributed by atoms with Gasteiger partial charge in [-0.05, 0) is 56.5 Å². The monoisotopic (exact) mass is 378 g/mol. The summed E-state index contributed by atoms with van der Waals surface area (Å²) in [6.45, 7) is 4.14. The fourth-order valence-corrected chi connectivity index (χ4v) is 4.32. The maximum Gasteiger partial charge on any atom is 0.251 e. The third-order valence-electron chi connectivity index (χ3n) is 5.75. The van der Waals surface area contributed by atoms with Crippen LogP contribution in [0.1, 0.15) is 37.7 Å². The van der Waals surface area contributed by atoms with Gasteiger partial charge in [-0.15, -0.1) is 0 Å². The molecule has 2 amide bonds. The lowest BCUT2D eigenvalue weighted by Gasteiger charge is -2.35. The maximum absolute atomic E-state index is 13.1. The molecule has 2 aromatic carbocycles. The van der Waals surface area contributed by atoms with E-state index in [0.29, 0.717) is 24.0 Å². The molecule has 0 saturated carbocycles. The highest BCUT2D eigenvalue weighted by molar-refractivity contribution is 6.22. The number of carbonyl (C=O) groups is 2. The van der Waals surface area contributed by atoms with Crippen LogP contribution in [0.15, 0.2) is 54.6 Å². The summed E-state index contributed by atoms with van der Waals surface area (Å²) in [5, 5.41) is 0. The highest BCUT2D eigenvalue weighted by Gasteiger charge is 2.43. The zero-order chi connectivity index (χ0) is 19.5. The normalized spacial score (nSPS) is 21.3. The van der Waals surface area contributed by atoms with Crippen LogP contribution in [0.3, 0.4) is 0 Å². The van der Waals surface area contributed by atoms with Crippen molar-refractivity contribution >= 4 is 17.5 Å². The second kappa shape index (κ2) is 8.15. The quantitative estimate of drug-likeness (QED) is 0.746. The number of imide groups is 1. The molecular weight excluding hydrogens is 352 g/mol. The standard InChI is InChI=1S/C23H26N2O3/c1-2-28-20-10-6-9-19(15-20)25-22(26)16-21(23(25)27)24-13-11-18(12-14-24)17-7-4-3-5-8-17/h3-10,15,18,21H,2,11-14,16H2,1H3. The van der Waals surface area contributed by atoms with Crippen molar-refractivity contribution in [3.8, 4) is 5.75 Å². The van der Waals surface area contributed by atoms with Crippen LogP contribution in [0.5, 0.6) is 5.75 Å². The van der Waals surface area contributed by atoms with Crippen LogP contribution in [-0.2, 0) is 9.59 Å². The third kappa shape index (κ3) is 3.67. The van der Waals surface area contributed by atoms with Crippen molar-refractivity contribution in [2.24, 2.45) is 0 Å². The molecule has 0 aromatic heterocycles. The Morgan fingerprint density at radius 3 is 2.46 bits per heavy atom. The minimum atomic E-state index is -0.347. The van der Waals surface area contributed by atoms with E-state index in [4.69, 9.17) is 4.74 Å². The molecule has 146 valence electrons. The molecule has 2 heterocycles. The van der Waals surface area contributed by atoms with E-state index in [2.05, 4.69) is 29.2 Å². The van der Waals surface area contributed by atoms with E-state index >= 15 is 0 Å². The molecule has 1 atom stereocenters. The number of rotatable bonds is 5. The topological polar surface area (TPSA) is 49.9 Å². The van der Waals surface area contributed by atoms with E-state index in [1.807, 2.05) is 25.1 Å². The fraction of sp³-hybridized carbons (Fsp3) is 0.391. The molecule has 2 saturated heterocycles. The Morgan fingerprint density at radius 2 is 1.75 bits per heavy atom. The highest BCUT2D eigenvalue weighted by atomic mass is 16.5. The summed E-state index contributed by atoms with van der Waals surface area (Å²) in [7, 11) is 0. The molecule has 5 nitrogen and oxygen atoms in total. The summed E-state index contributed by atoms with van der Waals surface area (Å²) in [6, 6.07) is 17.4. The van der Waals surface area contributed by atoms with Gasteiger partial charge in [-0.2, -0.15) is 0 Å². The predicted octanol–water partition coefficient (Wildman–Crippen LogP) is 3.60. The Hall–Kier alpha value is -2.66. The Bertz CT molecular complexity index is 844. The lowest BCUT2D eigenvalue weighted by Crippen LogP contribution is -2.45. The molecule has 0 spiro atoms. The Labute approximate surface area is 165 Å². The van der Waals surface area contributed by atoms with E-state index in [1.165, 1.54) is 10.5 Å². The second-order valence-corrected chi connectivity index (χ2v) is 7.44. The first-order valence-electron chi connectivity index (χ1n) is 10.1. The zero-order valence-corrected chi connectivity index (χ0v) is 16.2. The van der Waals surface area contributed by atoms with E-state index in [9.17, 15) is 9.59 Å². The summed E-state index contributed by atoms with van der Waals surface area (Å²) >= 11 is 0. The molecule has 0 bridgehead atoms. The van der Waals surface area contributed by atoms with Gasteiger partial charge < -0.3 is 4.74 Å². The van der Waals surface area contributed by atoms with Gasteiger partial charge in [0.1, 0.15) is 5.75 Å². The number of amides is 2. The SMILES string of the molecule is CCOc1cccc(N2C(=O)CC(N3CCC(c4ccccc4)CC3)C2=O)c1. The third-order valence-corrected chi connectivity index (χ3v) is 5.75. The van der Waals surface area contributed by atoms with Crippen molar-refractivity contribution in [3.63, 3.8) is 0 Å². The number of anilines is 1. The first-order chi connectivity index (χ1) is 13.7. The number of likely N-dealkylation sites (tertiary alicyclic amines) is 1.